The second kappa shape index (κ2) is 6.49. The quantitative estimate of drug-likeness (QED) is 0.776. The molecule has 1 rings (SSSR count). The van der Waals surface area contributed by atoms with Gasteiger partial charge >= 0.3 is 5.97 Å². The molecular formula is C12H17NO4S. The summed E-state index contributed by atoms with van der Waals surface area (Å²) in [6, 6.07) is 2.33. The van der Waals surface area contributed by atoms with Crippen molar-refractivity contribution in [2.45, 2.75) is 31.4 Å². The lowest BCUT2D eigenvalue weighted by Crippen LogP contribution is -2.41. The Hall–Kier alpha value is -1.43. The minimum Gasteiger partial charge on any atom is -0.480 e. The Morgan fingerprint density at radius 2 is 2.11 bits per heavy atom. The first kappa shape index (κ1) is 14.6. The molecule has 1 amide bonds. The van der Waals surface area contributed by atoms with Crippen molar-refractivity contribution in [3.05, 3.63) is 17.9 Å². The SMILES string of the molecule is CSc1ccc(C(=O)NC(CC(C)C)C(=O)O)o1. The zero-order chi connectivity index (χ0) is 13.7. The van der Waals surface area contributed by atoms with E-state index in [4.69, 9.17) is 9.52 Å². The summed E-state index contributed by atoms with van der Waals surface area (Å²) >= 11 is 1.38. The van der Waals surface area contributed by atoms with E-state index in [1.807, 2.05) is 20.1 Å². The summed E-state index contributed by atoms with van der Waals surface area (Å²) in [6.45, 7) is 3.81. The number of hydrogen-bond acceptors (Lipinski definition) is 4. The molecule has 6 heteroatoms. The fraction of sp³-hybridized carbons (Fsp3) is 0.500. The molecule has 0 aromatic carbocycles. The highest BCUT2D eigenvalue weighted by Crippen LogP contribution is 2.18. The first-order valence-corrected chi connectivity index (χ1v) is 6.84. The van der Waals surface area contributed by atoms with E-state index in [1.165, 1.54) is 17.8 Å². The number of carbonyl (C=O) groups excluding carboxylic acids is 1. The van der Waals surface area contributed by atoms with E-state index >= 15 is 0 Å². The van der Waals surface area contributed by atoms with E-state index < -0.39 is 17.9 Å². The number of thioether (sulfide) groups is 1. The normalized spacial score (nSPS) is 12.4. The Labute approximate surface area is 110 Å². The van der Waals surface area contributed by atoms with Crippen LogP contribution in [0.2, 0.25) is 0 Å². The molecule has 1 heterocycles. The molecule has 0 saturated heterocycles. The van der Waals surface area contributed by atoms with Gasteiger partial charge in [0.05, 0.1) is 0 Å². The van der Waals surface area contributed by atoms with Crippen LogP contribution in [-0.4, -0.2) is 29.3 Å². The zero-order valence-electron chi connectivity index (χ0n) is 10.6. The molecule has 0 spiro atoms. The van der Waals surface area contributed by atoms with Crippen molar-refractivity contribution < 1.29 is 19.1 Å². The smallest absolute Gasteiger partial charge is 0.326 e. The van der Waals surface area contributed by atoms with Gasteiger partial charge < -0.3 is 14.8 Å². The third kappa shape index (κ3) is 4.10. The summed E-state index contributed by atoms with van der Waals surface area (Å²) in [4.78, 5) is 22.8. The van der Waals surface area contributed by atoms with Gasteiger partial charge in [-0.15, -0.1) is 0 Å². The summed E-state index contributed by atoms with van der Waals surface area (Å²) in [5, 5.41) is 12.1. The highest BCUT2D eigenvalue weighted by Gasteiger charge is 2.23. The molecule has 0 aliphatic rings. The third-order valence-corrected chi connectivity index (χ3v) is 2.94. The maximum Gasteiger partial charge on any atom is 0.326 e. The van der Waals surface area contributed by atoms with Crippen LogP contribution in [0.4, 0.5) is 0 Å². The van der Waals surface area contributed by atoms with Crippen LogP contribution in [0, 0.1) is 5.92 Å². The Morgan fingerprint density at radius 3 is 2.56 bits per heavy atom. The second-order valence-corrected chi connectivity index (χ2v) is 5.13. The summed E-state index contributed by atoms with van der Waals surface area (Å²) in [6.07, 6.45) is 2.22. The monoisotopic (exact) mass is 271 g/mol. The molecule has 100 valence electrons. The van der Waals surface area contributed by atoms with E-state index in [-0.39, 0.29) is 11.7 Å². The molecule has 0 fully saturated rings. The van der Waals surface area contributed by atoms with E-state index in [0.717, 1.165) is 0 Å². The number of amides is 1. The van der Waals surface area contributed by atoms with Crippen molar-refractivity contribution in [2.75, 3.05) is 6.26 Å². The Morgan fingerprint density at radius 1 is 1.44 bits per heavy atom. The van der Waals surface area contributed by atoms with Crippen LogP contribution in [0.3, 0.4) is 0 Å². The van der Waals surface area contributed by atoms with Crippen molar-refractivity contribution in [1.82, 2.24) is 5.32 Å². The minimum absolute atomic E-state index is 0.134. The number of carboxylic acid groups (broad SMARTS) is 1. The first-order valence-electron chi connectivity index (χ1n) is 5.61. The van der Waals surface area contributed by atoms with Gasteiger partial charge in [-0.1, -0.05) is 25.6 Å². The Balaban J connectivity index is 2.69. The number of hydrogen-bond donors (Lipinski definition) is 2. The largest absolute Gasteiger partial charge is 0.480 e. The fourth-order valence-electron chi connectivity index (χ4n) is 1.47. The van der Waals surface area contributed by atoms with Crippen molar-refractivity contribution in [1.29, 1.82) is 0 Å². The lowest BCUT2D eigenvalue weighted by atomic mass is 10.0. The highest BCUT2D eigenvalue weighted by molar-refractivity contribution is 7.98. The highest BCUT2D eigenvalue weighted by atomic mass is 32.2. The number of rotatable bonds is 6. The number of nitrogens with one attached hydrogen (secondary N) is 1. The summed E-state index contributed by atoms with van der Waals surface area (Å²) in [5.74, 6) is -1.21. The Kier molecular flexibility index (Phi) is 5.27. The molecule has 0 radical (unpaired) electrons. The molecule has 1 atom stereocenters. The van der Waals surface area contributed by atoms with Crippen LogP contribution in [0.25, 0.3) is 0 Å². The average molecular weight is 271 g/mol. The first-order chi connectivity index (χ1) is 8.43. The van der Waals surface area contributed by atoms with Crippen LogP contribution in [-0.2, 0) is 4.79 Å². The van der Waals surface area contributed by atoms with Gasteiger partial charge in [0.25, 0.3) is 5.91 Å². The number of aliphatic carboxylic acids is 1. The maximum atomic E-state index is 11.8. The predicted octanol–water partition coefficient (Wildman–Crippen LogP) is 2.23. The molecule has 1 aromatic rings. The van der Waals surface area contributed by atoms with Gasteiger partial charge in [0.15, 0.2) is 10.9 Å². The summed E-state index contributed by atoms with van der Waals surface area (Å²) in [7, 11) is 0. The van der Waals surface area contributed by atoms with Gasteiger partial charge in [-0.3, -0.25) is 4.79 Å². The topological polar surface area (TPSA) is 79.5 Å². The van der Waals surface area contributed by atoms with Crippen molar-refractivity contribution in [2.24, 2.45) is 5.92 Å². The van der Waals surface area contributed by atoms with E-state index in [0.29, 0.717) is 11.5 Å². The average Bonchev–Trinajstić information content (AvgIpc) is 2.75. The fourth-order valence-corrected chi connectivity index (χ4v) is 1.85. The van der Waals surface area contributed by atoms with Gasteiger partial charge in [0.2, 0.25) is 0 Å². The molecule has 18 heavy (non-hydrogen) atoms. The molecule has 1 unspecified atom stereocenters. The molecule has 2 N–H and O–H groups in total. The van der Waals surface area contributed by atoms with Gasteiger partial charge in [-0.2, -0.15) is 0 Å². The molecule has 0 saturated carbocycles. The van der Waals surface area contributed by atoms with Crippen LogP contribution in [0.5, 0.6) is 0 Å². The third-order valence-electron chi connectivity index (χ3n) is 2.32. The van der Waals surface area contributed by atoms with E-state index in [9.17, 15) is 9.59 Å². The lowest BCUT2D eigenvalue weighted by molar-refractivity contribution is -0.139. The van der Waals surface area contributed by atoms with Gasteiger partial charge in [-0.25, -0.2) is 4.79 Å². The van der Waals surface area contributed by atoms with E-state index in [2.05, 4.69) is 5.32 Å². The molecule has 0 aliphatic heterocycles. The van der Waals surface area contributed by atoms with Crippen LogP contribution < -0.4 is 5.32 Å². The van der Waals surface area contributed by atoms with Gasteiger partial charge in [0, 0.05) is 0 Å². The zero-order valence-corrected chi connectivity index (χ0v) is 11.4. The van der Waals surface area contributed by atoms with Crippen LogP contribution in [0.15, 0.2) is 21.6 Å². The molecular weight excluding hydrogens is 254 g/mol. The summed E-state index contributed by atoms with van der Waals surface area (Å²) in [5.41, 5.74) is 0. The van der Waals surface area contributed by atoms with Gasteiger partial charge in [0.1, 0.15) is 6.04 Å². The molecule has 0 bridgehead atoms. The molecule has 5 nitrogen and oxygen atoms in total. The van der Waals surface area contributed by atoms with Crippen LogP contribution in [0.1, 0.15) is 30.8 Å². The molecule has 0 aliphatic carbocycles. The number of furan rings is 1. The predicted molar refractivity (Wildman–Crippen MR) is 68.8 cm³/mol. The Bertz CT molecular complexity index is 427. The van der Waals surface area contributed by atoms with E-state index in [1.54, 1.807) is 6.07 Å². The second-order valence-electron chi connectivity index (χ2n) is 4.32. The van der Waals surface area contributed by atoms with Crippen molar-refractivity contribution >= 4 is 23.6 Å². The lowest BCUT2D eigenvalue weighted by Gasteiger charge is -2.15. The van der Waals surface area contributed by atoms with Crippen LogP contribution >= 0.6 is 11.8 Å². The molecule has 1 aromatic heterocycles. The minimum atomic E-state index is -1.03. The van der Waals surface area contributed by atoms with Gasteiger partial charge in [-0.05, 0) is 30.7 Å². The number of carbonyl (C=O) groups is 2. The van der Waals surface area contributed by atoms with Crippen molar-refractivity contribution in [3.63, 3.8) is 0 Å². The standard InChI is InChI=1S/C12H17NO4S/c1-7(2)6-8(12(15)16)13-11(14)9-4-5-10(17-9)18-3/h4-5,7-8H,6H2,1-3H3,(H,13,14)(H,15,16). The van der Waals surface area contributed by atoms with Crippen molar-refractivity contribution in [3.8, 4) is 0 Å². The summed E-state index contributed by atoms with van der Waals surface area (Å²) < 4.78 is 5.24. The maximum absolute atomic E-state index is 11.8. The number of carboxylic acids is 1.